The standard InChI is InChI=1S/C12H12O4/c1-15-11-6-8-7(3-4-10(8)13)5-9(11)12(14)16-2/h5-6H,3-4H2,1-2H3. The number of fused-ring (bicyclic) bond motifs is 1. The van der Waals surface area contributed by atoms with E-state index >= 15 is 0 Å². The lowest BCUT2D eigenvalue weighted by Gasteiger charge is -2.09. The average molecular weight is 220 g/mol. The van der Waals surface area contributed by atoms with Crippen LogP contribution in [0.1, 0.15) is 32.7 Å². The van der Waals surface area contributed by atoms with Crippen molar-refractivity contribution >= 4 is 11.8 Å². The van der Waals surface area contributed by atoms with Crippen molar-refractivity contribution in [2.24, 2.45) is 0 Å². The number of Topliss-reactive ketones (excluding diaryl/α,β-unsaturated/α-hetero) is 1. The quantitative estimate of drug-likeness (QED) is 0.710. The molecule has 1 aromatic rings. The van der Waals surface area contributed by atoms with E-state index in [-0.39, 0.29) is 5.78 Å². The molecule has 0 spiro atoms. The molecule has 0 fully saturated rings. The third kappa shape index (κ3) is 1.56. The Labute approximate surface area is 93.2 Å². The highest BCUT2D eigenvalue weighted by molar-refractivity contribution is 6.03. The van der Waals surface area contributed by atoms with Crippen molar-refractivity contribution in [2.75, 3.05) is 14.2 Å². The lowest BCUT2D eigenvalue weighted by molar-refractivity contribution is 0.0596. The zero-order valence-electron chi connectivity index (χ0n) is 9.20. The maximum atomic E-state index is 11.5. The van der Waals surface area contributed by atoms with Gasteiger partial charge in [0.1, 0.15) is 11.3 Å². The molecule has 0 unspecified atom stereocenters. The number of rotatable bonds is 2. The Hall–Kier alpha value is -1.84. The van der Waals surface area contributed by atoms with Crippen LogP contribution in [-0.4, -0.2) is 26.0 Å². The Morgan fingerprint density at radius 1 is 1.25 bits per heavy atom. The fourth-order valence-corrected chi connectivity index (χ4v) is 1.91. The van der Waals surface area contributed by atoms with Crippen molar-refractivity contribution in [3.63, 3.8) is 0 Å². The molecule has 4 heteroatoms. The summed E-state index contributed by atoms with van der Waals surface area (Å²) in [5.41, 5.74) is 1.93. The van der Waals surface area contributed by atoms with Gasteiger partial charge in [-0.15, -0.1) is 0 Å². The van der Waals surface area contributed by atoms with E-state index in [1.54, 1.807) is 12.1 Å². The molecule has 0 heterocycles. The number of esters is 1. The minimum atomic E-state index is -0.445. The first kappa shape index (κ1) is 10.7. The lowest BCUT2D eigenvalue weighted by Crippen LogP contribution is -2.06. The van der Waals surface area contributed by atoms with Crippen molar-refractivity contribution in [1.82, 2.24) is 0 Å². The number of carbonyl (C=O) groups is 2. The lowest BCUT2D eigenvalue weighted by atomic mass is 10.0. The van der Waals surface area contributed by atoms with Gasteiger partial charge in [0.2, 0.25) is 0 Å². The highest BCUT2D eigenvalue weighted by atomic mass is 16.5. The molecule has 0 bridgehead atoms. The van der Waals surface area contributed by atoms with Gasteiger partial charge in [-0.05, 0) is 24.1 Å². The molecule has 0 amide bonds. The van der Waals surface area contributed by atoms with E-state index in [4.69, 9.17) is 4.74 Å². The van der Waals surface area contributed by atoms with Gasteiger partial charge in [0, 0.05) is 12.0 Å². The fourth-order valence-electron chi connectivity index (χ4n) is 1.91. The molecule has 1 aromatic carbocycles. The monoisotopic (exact) mass is 220 g/mol. The summed E-state index contributed by atoms with van der Waals surface area (Å²) in [6, 6.07) is 3.31. The fraction of sp³-hybridized carbons (Fsp3) is 0.333. The van der Waals surface area contributed by atoms with E-state index < -0.39 is 5.97 Å². The van der Waals surface area contributed by atoms with E-state index in [0.717, 1.165) is 5.56 Å². The molecule has 1 aliphatic rings. The summed E-state index contributed by atoms with van der Waals surface area (Å²) in [4.78, 5) is 23.0. The van der Waals surface area contributed by atoms with E-state index in [9.17, 15) is 9.59 Å². The third-order valence-electron chi connectivity index (χ3n) is 2.75. The van der Waals surface area contributed by atoms with Gasteiger partial charge in [-0.1, -0.05) is 0 Å². The molecule has 0 atom stereocenters. The van der Waals surface area contributed by atoms with Crippen LogP contribution in [0.4, 0.5) is 0 Å². The predicted molar refractivity (Wildman–Crippen MR) is 57.0 cm³/mol. The maximum absolute atomic E-state index is 11.5. The molecule has 0 radical (unpaired) electrons. The Balaban J connectivity index is 2.55. The molecule has 2 rings (SSSR count). The Morgan fingerprint density at radius 3 is 2.62 bits per heavy atom. The largest absolute Gasteiger partial charge is 0.496 e. The second-order valence-corrected chi connectivity index (χ2v) is 3.62. The van der Waals surface area contributed by atoms with Crippen molar-refractivity contribution in [1.29, 1.82) is 0 Å². The van der Waals surface area contributed by atoms with Crippen LogP contribution >= 0.6 is 0 Å². The SMILES string of the molecule is COC(=O)c1cc2c(cc1OC)C(=O)CC2. The smallest absolute Gasteiger partial charge is 0.341 e. The van der Waals surface area contributed by atoms with Crippen LogP contribution in [-0.2, 0) is 11.2 Å². The van der Waals surface area contributed by atoms with Crippen LogP contribution < -0.4 is 4.74 Å². The number of benzene rings is 1. The Bertz CT molecular complexity index is 462. The number of ether oxygens (including phenoxy) is 2. The van der Waals surface area contributed by atoms with Gasteiger partial charge in [-0.2, -0.15) is 0 Å². The highest BCUT2D eigenvalue weighted by Crippen LogP contribution is 2.30. The van der Waals surface area contributed by atoms with Crippen LogP contribution in [0, 0.1) is 0 Å². The van der Waals surface area contributed by atoms with Gasteiger partial charge in [-0.25, -0.2) is 4.79 Å². The topological polar surface area (TPSA) is 52.6 Å². The predicted octanol–water partition coefficient (Wildman–Crippen LogP) is 1.61. The summed E-state index contributed by atoms with van der Waals surface area (Å²) >= 11 is 0. The number of hydrogen-bond donors (Lipinski definition) is 0. The summed E-state index contributed by atoms with van der Waals surface area (Å²) in [5, 5.41) is 0. The summed E-state index contributed by atoms with van der Waals surface area (Å²) in [6.45, 7) is 0. The van der Waals surface area contributed by atoms with Crippen LogP contribution in [0.15, 0.2) is 12.1 Å². The summed E-state index contributed by atoms with van der Waals surface area (Å²) in [7, 11) is 2.79. The number of aryl methyl sites for hydroxylation is 1. The van der Waals surface area contributed by atoms with Crippen LogP contribution in [0.5, 0.6) is 5.75 Å². The number of methoxy groups -OCH3 is 2. The molecular weight excluding hydrogens is 208 g/mol. The number of hydrogen-bond acceptors (Lipinski definition) is 4. The van der Waals surface area contributed by atoms with Crippen molar-refractivity contribution in [3.05, 3.63) is 28.8 Å². The molecule has 84 valence electrons. The molecule has 0 saturated heterocycles. The number of carbonyl (C=O) groups excluding carboxylic acids is 2. The van der Waals surface area contributed by atoms with Gasteiger partial charge in [0.25, 0.3) is 0 Å². The van der Waals surface area contributed by atoms with Gasteiger partial charge in [-0.3, -0.25) is 4.79 Å². The summed E-state index contributed by atoms with van der Waals surface area (Å²) < 4.78 is 9.75. The highest BCUT2D eigenvalue weighted by Gasteiger charge is 2.24. The van der Waals surface area contributed by atoms with E-state index in [0.29, 0.717) is 29.7 Å². The molecule has 0 saturated carbocycles. The zero-order chi connectivity index (χ0) is 11.7. The molecule has 1 aliphatic carbocycles. The van der Waals surface area contributed by atoms with Crippen molar-refractivity contribution in [2.45, 2.75) is 12.8 Å². The molecule has 0 N–H and O–H groups in total. The summed E-state index contributed by atoms with van der Waals surface area (Å²) in [6.07, 6.45) is 1.19. The molecule has 4 nitrogen and oxygen atoms in total. The maximum Gasteiger partial charge on any atom is 0.341 e. The van der Waals surface area contributed by atoms with Gasteiger partial charge in [0.15, 0.2) is 5.78 Å². The van der Waals surface area contributed by atoms with Crippen LogP contribution in [0.3, 0.4) is 0 Å². The van der Waals surface area contributed by atoms with Gasteiger partial charge >= 0.3 is 5.97 Å². The van der Waals surface area contributed by atoms with Gasteiger partial charge < -0.3 is 9.47 Å². The van der Waals surface area contributed by atoms with Crippen LogP contribution in [0.2, 0.25) is 0 Å². The second-order valence-electron chi connectivity index (χ2n) is 3.62. The zero-order valence-corrected chi connectivity index (χ0v) is 9.20. The summed E-state index contributed by atoms with van der Waals surface area (Å²) in [5.74, 6) is 0.0459. The van der Waals surface area contributed by atoms with Crippen molar-refractivity contribution < 1.29 is 19.1 Å². The second kappa shape index (κ2) is 3.96. The van der Waals surface area contributed by atoms with Gasteiger partial charge in [0.05, 0.1) is 14.2 Å². The first-order valence-electron chi connectivity index (χ1n) is 4.99. The molecule has 0 aromatic heterocycles. The minimum absolute atomic E-state index is 0.102. The Morgan fingerprint density at radius 2 is 2.00 bits per heavy atom. The number of ketones is 1. The third-order valence-corrected chi connectivity index (χ3v) is 2.75. The molecular formula is C12H12O4. The average Bonchev–Trinajstić information content (AvgIpc) is 2.68. The first-order valence-corrected chi connectivity index (χ1v) is 4.99. The first-order chi connectivity index (χ1) is 7.67. The molecule has 0 aliphatic heterocycles. The van der Waals surface area contributed by atoms with Crippen molar-refractivity contribution in [3.8, 4) is 5.75 Å². The van der Waals surface area contributed by atoms with Crippen LogP contribution in [0.25, 0.3) is 0 Å². The van der Waals surface area contributed by atoms with E-state index in [1.165, 1.54) is 14.2 Å². The normalized spacial score (nSPS) is 13.5. The molecule has 16 heavy (non-hydrogen) atoms. The van der Waals surface area contributed by atoms with E-state index in [1.807, 2.05) is 0 Å². The Kier molecular flexibility index (Phi) is 2.64. The van der Waals surface area contributed by atoms with E-state index in [2.05, 4.69) is 4.74 Å². The minimum Gasteiger partial charge on any atom is -0.496 e.